The zero-order chi connectivity index (χ0) is 42.5. The third-order valence-corrected chi connectivity index (χ3v) is 10.6. The van der Waals surface area contributed by atoms with Gasteiger partial charge in [0.1, 0.15) is 23.0 Å². The van der Waals surface area contributed by atoms with Crippen LogP contribution < -0.4 is 35.6 Å². The molecule has 0 aliphatic carbocycles. The number of fused-ring (bicyclic) bond motifs is 2. The fourth-order valence-corrected chi connectivity index (χ4v) is 7.59. The number of piperazine rings is 1. The summed E-state index contributed by atoms with van der Waals surface area (Å²) in [6.45, 7) is 9.67. The van der Waals surface area contributed by atoms with Gasteiger partial charge in [-0.3, -0.25) is 9.59 Å². The van der Waals surface area contributed by atoms with Crippen molar-refractivity contribution < 1.29 is 29.0 Å². The summed E-state index contributed by atoms with van der Waals surface area (Å²) in [4.78, 5) is 54.3. The SMILES string of the molecule is CCc1nc(OC)c(NC(=O)N2CCN(c3cc(C)cc(C)c3)CC2)cc1C(=O)NC(C)C(=O)Nc1cc(CO)cc(Nc2c3ccccc3nc3c(OC)cccc23)c1. The van der Waals surface area contributed by atoms with Crippen LogP contribution in [0.15, 0.2) is 84.9 Å². The van der Waals surface area contributed by atoms with Crippen LogP contribution in [0.4, 0.5) is 33.2 Å². The van der Waals surface area contributed by atoms with E-state index in [1.54, 1.807) is 43.2 Å². The second kappa shape index (κ2) is 17.9. The van der Waals surface area contributed by atoms with Gasteiger partial charge in [0.15, 0.2) is 0 Å². The van der Waals surface area contributed by atoms with Gasteiger partial charge in [-0.15, -0.1) is 0 Å². The number of urea groups is 1. The monoisotopic (exact) mass is 810 g/mol. The predicted octanol–water partition coefficient (Wildman–Crippen LogP) is 7.33. The quantitative estimate of drug-likeness (QED) is 0.0790. The number of rotatable bonds is 12. The van der Waals surface area contributed by atoms with Crippen molar-refractivity contribution in [2.75, 3.05) is 61.2 Å². The summed E-state index contributed by atoms with van der Waals surface area (Å²) in [6.07, 6.45) is 0.396. The number of methoxy groups -OCH3 is 2. The third-order valence-electron chi connectivity index (χ3n) is 10.6. The van der Waals surface area contributed by atoms with Crippen LogP contribution in [0, 0.1) is 13.8 Å². The molecule has 60 heavy (non-hydrogen) atoms. The highest BCUT2D eigenvalue weighted by Crippen LogP contribution is 2.37. The summed E-state index contributed by atoms with van der Waals surface area (Å²) in [5.41, 5.74) is 8.24. The molecule has 1 fully saturated rings. The van der Waals surface area contributed by atoms with E-state index in [0.717, 1.165) is 27.7 Å². The number of nitrogens with one attached hydrogen (secondary N) is 4. The Labute approximate surface area is 348 Å². The molecule has 4 amide bonds. The Bertz CT molecular complexity index is 2570. The number of ether oxygens (including phenoxy) is 2. The minimum absolute atomic E-state index is 0.177. The van der Waals surface area contributed by atoms with Gasteiger partial charge in [-0.2, -0.15) is 0 Å². The Morgan fingerprint density at radius 1 is 0.817 bits per heavy atom. The van der Waals surface area contributed by atoms with Crippen molar-refractivity contribution in [3.63, 3.8) is 0 Å². The highest BCUT2D eigenvalue weighted by Gasteiger charge is 2.26. The lowest BCUT2D eigenvalue weighted by molar-refractivity contribution is -0.117. The molecule has 1 saturated heterocycles. The lowest BCUT2D eigenvalue weighted by Gasteiger charge is -2.36. The number of hydrogen-bond acceptors (Lipinski definition) is 10. The number of anilines is 5. The molecule has 3 heterocycles. The van der Waals surface area contributed by atoms with Gasteiger partial charge in [0, 0.05) is 54.0 Å². The van der Waals surface area contributed by atoms with Crippen LogP contribution in [0.3, 0.4) is 0 Å². The molecule has 310 valence electrons. The third kappa shape index (κ3) is 8.88. The zero-order valence-electron chi connectivity index (χ0n) is 34.7. The summed E-state index contributed by atoms with van der Waals surface area (Å²) in [6, 6.07) is 25.4. The normalized spacial score (nSPS) is 13.2. The number of hydrogen-bond donors (Lipinski definition) is 5. The maximum absolute atomic E-state index is 13.8. The van der Waals surface area contributed by atoms with Crippen molar-refractivity contribution in [1.82, 2.24) is 20.2 Å². The van der Waals surface area contributed by atoms with Crippen molar-refractivity contribution in [2.45, 2.75) is 46.8 Å². The van der Waals surface area contributed by atoms with Gasteiger partial charge in [-0.05, 0) is 92.4 Å². The number of benzene rings is 4. The first-order chi connectivity index (χ1) is 29.0. The fourth-order valence-electron chi connectivity index (χ4n) is 7.59. The molecule has 7 rings (SSSR count). The molecule has 4 aromatic carbocycles. The lowest BCUT2D eigenvalue weighted by Crippen LogP contribution is -2.50. The van der Waals surface area contributed by atoms with Crippen LogP contribution in [0.25, 0.3) is 21.8 Å². The molecule has 6 aromatic rings. The standard InChI is InChI=1S/C46H50N8O6/c1-7-37-36(25-39(45(51-37)60-6)52-46(58)54-17-15-53(16-18-54)33-20-27(2)19-28(3)21-33)44(57)47-29(4)43(56)49-32-23-30(26-55)22-31(24-32)48-41-34-11-8-9-13-38(34)50-42-35(41)12-10-14-40(42)59-5/h8-14,19-25,29,55H,7,15-18,26H2,1-6H3,(H,47,57)(H,48,50)(H,49,56)(H,52,58). The minimum atomic E-state index is -0.981. The summed E-state index contributed by atoms with van der Waals surface area (Å²) in [5.74, 6) is -0.218. The van der Waals surface area contributed by atoms with Crippen molar-refractivity contribution in [1.29, 1.82) is 0 Å². The summed E-state index contributed by atoms with van der Waals surface area (Å²) in [7, 11) is 3.06. The number of carbonyl (C=O) groups is 3. The molecule has 1 unspecified atom stereocenters. The zero-order valence-corrected chi connectivity index (χ0v) is 34.7. The minimum Gasteiger partial charge on any atom is -0.494 e. The fraction of sp³-hybridized carbons (Fsp3) is 0.283. The van der Waals surface area contributed by atoms with E-state index in [1.807, 2.05) is 49.4 Å². The molecule has 1 atom stereocenters. The first-order valence-electron chi connectivity index (χ1n) is 19.9. The number of aryl methyl sites for hydroxylation is 3. The molecule has 14 nitrogen and oxygen atoms in total. The van der Waals surface area contributed by atoms with E-state index in [1.165, 1.54) is 18.2 Å². The smallest absolute Gasteiger partial charge is 0.322 e. The Morgan fingerprint density at radius 2 is 1.53 bits per heavy atom. The first-order valence-corrected chi connectivity index (χ1v) is 19.9. The number of aliphatic hydroxyl groups is 1. The number of pyridine rings is 2. The number of carbonyl (C=O) groups excluding carboxylic acids is 3. The van der Waals surface area contributed by atoms with E-state index in [0.29, 0.717) is 66.5 Å². The van der Waals surface area contributed by atoms with Gasteiger partial charge in [0.05, 0.1) is 43.3 Å². The maximum Gasteiger partial charge on any atom is 0.322 e. The highest BCUT2D eigenvalue weighted by atomic mass is 16.5. The largest absolute Gasteiger partial charge is 0.494 e. The molecule has 1 aliphatic heterocycles. The van der Waals surface area contributed by atoms with Crippen molar-refractivity contribution in [2.24, 2.45) is 0 Å². The van der Waals surface area contributed by atoms with Crippen LogP contribution in [0.2, 0.25) is 0 Å². The van der Waals surface area contributed by atoms with Crippen LogP contribution in [-0.4, -0.2) is 84.3 Å². The van der Waals surface area contributed by atoms with Gasteiger partial charge in [-0.25, -0.2) is 14.8 Å². The van der Waals surface area contributed by atoms with Gasteiger partial charge in [0.25, 0.3) is 5.91 Å². The number of para-hydroxylation sites is 2. The Balaban J connectivity index is 1.05. The number of nitrogens with zero attached hydrogens (tertiary/aromatic N) is 4. The number of aliphatic hydroxyl groups excluding tert-OH is 1. The van der Waals surface area contributed by atoms with E-state index < -0.39 is 17.9 Å². The molecule has 5 N–H and O–H groups in total. The van der Waals surface area contributed by atoms with Gasteiger partial charge in [-0.1, -0.05) is 43.3 Å². The lowest BCUT2D eigenvalue weighted by atomic mass is 10.1. The number of amides is 4. The molecule has 14 heteroatoms. The van der Waals surface area contributed by atoms with Crippen LogP contribution in [-0.2, 0) is 17.8 Å². The predicted molar refractivity (Wildman–Crippen MR) is 236 cm³/mol. The first kappa shape index (κ1) is 41.2. The van der Waals surface area contributed by atoms with Crippen LogP contribution >= 0.6 is 0 Å². The second-order valence-electron chi connectivity index (χ2n) is 14.9. The average molecular weight is 811 g/mol. The Morgan fingerprint density at radius 3 is 2.23 bits per heavy atom. The maximum atomic E-state index is 13.8. The Kier molecular flexibility index (Phi) is 12.3. The highest BCUT2D eigenvalue weighted by molar-refractivity contribution is 6.10. The van der Waals surface area contributed by atoms with Crippen molar-refractivity contribution in [3.05, 3.63) is 113 Å². The molecule has 0 radical (unpaired) electrons. The molecule has 0 bridgehead atoms. The molecular formula is C46H50N8O6. The Hall–Kier alpha value is -6.93. The van der Waals surface area contributed by atoms with E-state index in [9.17, 15) is 19.5 Å². The average Bonchev–Trinajstić information content (AvgIpc) is 3.25. The summed E-state index contributed by atoms with van der Waals surface area (Å²) < 4.78 is 11.1. The van der Waals surface area contributed by atoms with Gasteiger partial charge in [0.2, 0.25) is 11.8 Å². The van der Waals surface area contributed by atoms with Crippen LogP contribution in [0.5, 0.6) is 11.6 Å². The molecular weight excluding hydrogens is 761 g/mol. The number of aromatic nitrogens is 2. The summed E-state index contributed by atoms with van der Waals surface area (Å²) >= 11 is 0. The van der Waals surface area contributed by atoms with E-state index >= 15 is 0 Å². The van der Waals surface area contributed by atoms with Crippen LogP contribution in [0.1, 0.15) is 46.6 Å². The van der Waals surface area contributed by atoms with E-state index in [4.69, 9.17) is 14.5 Å². The second-order valence-corrected chi connectivity index (χ2v) is 14.9. The van der Waals surface area contributed by atoms with Gasteiger partial charge < -0.3 is 45.6 Å². The van der Waals surface area contributed by atoms with Gasteiger partial charge >= 0.3 is 6.03 Å². The molecule has 2 aromatic heterocycles. The molecule has 0 spiro atoms. The van der Waals surface area contributed by atoms with Crippen molar-refractivity contribution in [3.8, 4) is 11.6 Å². The summed E-state index contributed by atoms with van der Waals surface area (Å²) in [5, 5.41) is 24.0. The topological polar surface area (TPSA) is 170 Å². The van der Waals surface area contributed by atoms with E-state index in [-0.39, 0.29) is 29.8 Å². The van der Waals surface area contributed by atoms with E-state index in [2.05, 4.69) is 63.2 Å². The molecule has 1 aliphatic rings. The molecule has 0 saturated carbocycles. The van der Waals surface area contributed by atoms with Crippen molar-refractivity contribution >= 4 is 68.1 Å².